The van der Waals surface area contributed by atoms with Crippen LogP contribution in [0.15, 0.2) is 42.6 Å². The Kier molecular flexibility index (Phi) is 4.65. The van der Waals surface area contributed by atoms with Gasteiger partial charge in [-0.05, 0) is 37.3 Å². The second-order valence-corrected chi connectivity index (χ2v) is 5.65. The highest BCUT2D eigenvalue weighted by molar-refractivity contribution is 5.42. The monoisotopic (exact) mass is 292 g/mol. The number of aryl methyl sites for hydroxylation is 2. The second kappa shape index (κ2) is 7.04. The summed E-state index contributed by atoms with van der Waals surface area (Å²) < 4.78 is 0. The number of benzene rings is 1. The van der Waals surface area contributed by atoms with Crippen molar-refractivity contribution in [3.63, 3.8) is 0 Å². The molecular formula is C18H20N4. The first kappa shape index (κ1) is 14.5. The molecule has 1 aromatic carbocycles. The molecule has 4 nitrogen and oxygen atoms in total. The molecule has 0 unspecified atom stereocenters. The second-order valence-electron chi connectivity index (χ2n) is 5.65. The van der Waals surface area contributed by atoms with E-state index >= 15 is 0 Å². The van der Waals surface area contributed by atoms with Crippen LogP contribution in [0.1, 0.15) is 30.7 Å². The third-order valence-corrected chi connectivity index (χ3v) is 4.10. The zero-order valence-electron chi connectivity index (χ0n) is 12.7. The zero-order chi connectivity index (χ0) is 15.2. The molecule has 1 fully saturated rings. The SMILES string of the molecule is N#C[C@@H]1CCCN1c1ccnc(CCCc2ccccc2)n1. The average molecular weight is 292 g/mol. The lowest BCUT2D eigenvalue weighted by Gasteiger charge is -2.20. The number of rotatable bonds is 5. The van der Waals surface area contributed by atoms with Crippen molar-refractivity contribution in [3.8, 4) is 6.07 Å². The summed E-state index contributed by atoms with van der Waals surface area (Å²) in [6, 6.07) is 14.7. The van der Waals surface area contributed by atoms with Gasteiger partial charge in [0.1, 0.15) is 17.7 Å². The maximum absolute atomic E-state index is 9.20. The van der Waals surface area contributed by atoms with Gasteiger partial charge in [-0.3, -0.25) is 0 Å². The van der Waals surface area contributed by atoms with Gasteiger partial charge >= 0.3 is 0 Å². The predicted molar refractivity (Wildman–Crippen MR) is 86.5 cm³/mol. The Balaban J connectivity index is 1.61. The van der Waals surface area contributed by atoms with E-state index in [1.807, 2.05) is 18.3 Å². The van der Waals surface area contributed by atoms with E-state index in [0.717, 1.165) is 50.3 Å². The molecule has 4 heteroatoms. The van der Waals surface area contributed by atoms with Gasteiger partial charge in [-0.25, -0.2) is 9.97 Å². The van der Waals surface area contributed by atoms with Crippen LogP contribution in [0.3, 0.4) is 0 Å². The summed E-state index contributed by atoms with van der Waals surface area (Å²) in [4.78, 5) is 11.1. The van der Waals surface area contributed by atoms with Crippen molar-refractivity contribution in [3.05, 3.63) is 54.0 Å². The molecule has 22 heavy (non-hydrogen) atoms. The number of aromatic nitrogens is 2. The predicted octanol–water partition coefficient (Wildman–Crippen LogP) is 3.14. The molecule has 0 bridgehead atoms. The van der Waals surface area contributed by atoms with Crippen molar-refractivity contribution in [2.75, 3.05) is 11.4 Å². The molecule has 0 saturated carbocycles. The minimum atomic E-state index is -0.0351. The summed E-state index contributed by atoms with van der Waals surface area (Å²) in [5.74, 6) is 1.77. The van der Waals surface area contributed by atoms with Gasteiger partial charge < -0.3 is 4.90 Å². The van der Waals surface area contributed by atoms with Crippen molar-refractivity contribution in [2.24, 2.45) is 0 Å². The van der Waals surface area contributed by atoms with Crippen LogP contribution >= 0.6 is 0 Å². The number of anilines is 1. The lowest BCUT2D eigenvalue weighted by atomic mass is 10.1. The van der Waals surface area contributed by atoms with Crippen molar-refractivity contribution in [2.45, 2.75) is 38.1 Å². The molecule has 2 aromatic rings. The molecule has 1 saturated heterocycles. The molecular weight excluding hydrogens is 272 g/mol. The molecule has 0 amide bonds. The molecule has 2 heterocycles. The van der Waals surface area contributed by atoms with E-state index in [-0.39, 0.29) is 6.04 Å². The summed E-state index contributed by atoms with van der Waals surface area (Å²) in [7, 11) is 0. The van der Waals surface area contributed by atoms with E-state index in [1.54, 1.807) is 0 Å². The van der Waals surface area contributed by atoms with Crippen molar-refractivity contribution >= 4 is 5.82 Å². The highest BCUT2D eigenvalue weighted by Gasteiger charge is 2.25. The molecule has 0 spiro atoms. The molecule has 1 aromatic heterocycles. The summed E-state index contributed by atoms with van der Waals surface area (Å²) >= 11 is 0. The van der Waals surface area contributed by atoms with Gasteiger partial charge in [0.2, 0.25) is 0 Å². The van der Waals surface area contributed by atoms with Crippen molar-refractivity contribution in [1.82, 2.24) is 9.97 Å². The van der Waals surface area contributed by atoms with Crippen LogP contribution in [0, 0.1) is 11.3 Å². The van der Waals surface area contributed by atoms with E-state index in [0.29, 0.717) is 0 Å². The maximum Gasteiger partial charge on any atom is 0.133 e. The van der Waals surface area contributed by atoms with E-state index in [4.69, 9.17) is 0 Å². The fraction of sp³-hybridized carbons (Fsp3) is 0.389. The molecule has 0 aliphatic carbocycles. The minimum absolute atomic E-state index is 0.0351. The Bertz CT molecular complexity index is 648. The quantitative estimate of drug-likeness (QED) is 0.849. The van der Waals surface area contributed by atoms with Gasteiger partial charge in [-0.2, -0.15) is 5.26 Å². The molecule has 1 aliphatic heterocycles. The fourth-order valence-electron chi connectivity index (χ4n) is 2.94. The van der Waals surface area contributed by atoms with Gasteiger partial charge in [-0.1, -0.05) is 30.3 Å². The Morgan fingerprint density at radius 2 is 2.05 bits per heavy atom. The van der Waals surface area contributed by atoms with Crippen LogP contribution in [0.2, 0.25) is 0 Å². The normalized spacial score (nSPS) is 17.4. The number of hydrogen-bond donors (Lipinski definition) is 0. The highest BCUT2D eigenvalue weighted by Crippen LogP contribution is 2.23. The third-order valence-electron chi connectivity index (χ3n) is 4.10. The van der Waals surface area contributed by atoms with Crippen LogP contribution in [0.5, 0.6) is 0 Å². The third kappa shape index (κ3) is 3.43. The van der Waals surface area contributed by atoms with E-state index in [1.165, 1.54) is 5.56 Å². The van der Waals surface area contributed by atoms with E-state index in [2.05, 4.69) is 45.2 Å². The summed E-state index contributed by atoms with van der Waals surface area (Å²) in [6.45, 7) is 0.915. The first-order valence-corrected chi connectivity index (χ1v) is 7.89. The molecule has 3 rings (SSSR count). The summed E-state index contributed by atoms with van der Waals surface area (Å²) in [6.07, 6.45) is 6.75. The van der Waals surface area contributed by atoms with Crippen LogP contribution in [-0.4, -0.2) is 22.6 Å². The molecule has 1 aliphatic rings. The smallest absolute Gasteiger partial charge is 0.133 e. The summed E-state index contributed by atoms with van der Waals surface area (Å²) in [5, 5.41) is 9.20. The van der Waals surface area contributed by atoms with Gasteiger partial charge in [0, 0.05) is 19.2 Å². The molecule has 1 atom stereocenters. The fourth-order valence-corrected chi connectivity index (χ4v) is 2.94. The molecule has 0 radical (unpaired) electrons. The van der Waals surface area contributed by atoms with Gasteiger partial charge in [0.25, 0.3) is 0 Å². The van der Waals surface area contributed by atoms with Crippen LogP contribution in [0.4, 0.5) is 5.82 Å². The Labute approximate surface area is 131 Å². The molecule has 0 N–H and O–H groups in total. The average Bonchev–Trinajstić information content (AvgIpc) is 3.05. The first-order valence-electron chi connectivity index (χ1n) is 7.89. The lowest BCUT2D eigenvalue weighted by molar-refractivity contribution is 0.754. The first-order chi connectivity index (χ1) is 10.9. The van der Waals surface area contributed by atoms with E-state index in [9.17, 15) is 5.26 Å². The number of nitriles is 1. The Morgan fingerprint density at radius 1 is 1.18 bits per heavy atom. The lowest BCUT2D eigenvalue weighted by Crippen LogP contribution is -2.28. The van der Waals surface area contributed by atoms with Crippen LogP contribution in [-0.2, 0) is 12.8 Å². The van der Waals surface area contributed by atoms with E-state index < -0.39 is 0 Å². The largest absolute Gasteiger partial charge is 0.340 e. The maximum atomic E-state index is 9.20. The van der Waals surface area contributed by atoms with Crippen molar-refractivity contribution in [1.29, 1.82) is 5.26 Å². The van der Waals surface area contributed by atoms with Crippen LogP contribution in [0.25, 0.3) is 0 Å². The Hall–Kier alpha value is -2.41. The summed E-state index contributed by atoms with van der Waals surface area (Å²) in [5.41, 5.74) is 1.35. The van der Waals surface area contributed by atoms with Crippen LogP contribution < -0.4 is 4.90 Å². The topological polar surface area (TPSA) is 52.8 Å². The number of nitrogens with zero attached hydrogens (tertiary/aromatic N) is 4. The van der Waals surface area contributed by atoms with Gasteiger partial charge in [0.15, 0.2) is 0 Å². The van der Waals surface area contributed by atoms with Gasteiger partial charge in [-0.15, -0.1) is 0 Å². The van der Waals surface area contributed by atoms with Gasteiger partial charge in [0.05, 0.1) is 6.07 Å². The van der Waals surface area contributed by atoms with Crippen molar-refractivity contribution < 1.29 is 0 Å². The zero-order valence-corrected chi connectivity index (χ0v) is 12.7. The Morgan fingerprint density at radius 3 is 2.86 bits per heavy atom. The standard InChI is InChI=1S/C18H20N4/c19-14-16-9-5-13-22(16)18-11-12-20-17(21-18)10-4-8-15-6-2-1-3-7-15/h1-3,6-7,11-12,16H,4-5,8-10,13H2/t16-/m0/s1. The minimum Gasteiger partial charge on any atom is -0.340 e. The number of hydrogen-bond acceptors (Lipinski definition) is 4. The highest BCUT2D eigenvalue weighted by atomic mass is 15.2. The molecule has 112 valence electrons.